The molecule has 1 fully saturated rings. The minimum atomic E-state index is -1.14. The van der Waals surface area contributed by atoms with Crippen molar-refractivity contribution in [3.63, 3.8) is 0 Å². The first-order chi connectivity index (χ1) is 27.3. The first kappa shape index (κ1) is 40.7. The Bertz CT molecular complexity index is 2130. The maximum atomic E-state index is 14.2. The Morgan fingerprint density at radius 1 is 0.895 bits per heavy atom. The highest BCUT2D eigenvalue weighted by Gasteiger charge is 2.54. The summed E-state index contributed by atoms with van der Waals surface area (Å²) in [6, 6.07) is 5.88. The lowest BCUT2D eigenvalue weighted by atomic mass is 9.66. The average molecular weight is 794 g/mol. The molecule has 2 aromatic carbocycles. The van der Waals surface area contributed by atoms with Crippen LogP contribution in [0.4, 0.5) is 4.79 Å². The van der Waals surface area contributed by atoms with E-state index >= 15 is 0 Å². The topological polar surface area (TPSA) is 201 Å². The fraction of sp³-hybridized carbons (Fsp3) is 0.475. The summed E-state index contributed by atoms with van der Waals surface area (Å²) < 4.78 is 52.7. The molecule has 3 heterocycles. The number of esters is 2. The maximum Gasteiger partial charge on any atom is 0.407 e. The lowest BCUT2D eigenvalue weighted by molar-refractivity contribution is -0.157. The van der Waals surface area contributed by atoms with Crippen molar-refractivity contribution < 1.29 is 57.0 Å². The number of carbonyl (C=O) groups is 3. The number of rotatable bonds is 14. The van der Waals surface area contributed by atoms with Crippen molar-refractivity contribution in [1.29, 1.82) is 0 Å². The molecule has 1 saturated heterocycles. The summed E-state index contributed by atoms with van der Waals surface area (Å²) in [5.41, 5.74) is 1.01. The largest absolute Gasteiger partial charge is 0.493 e. The molecule has 6 rings (SSSR count). The van der Waals surface area contributed by atoms with Gasteiger partial charge in [0.05, 0.1) is 48.1 Å². The molecule has 0 bridgehead atoms. The first-order valence-corrected chi connectivity index (χ1v) is 18.3. The molecule has 17 heteroatoms. The zero-order chi connectivity index (χ0) is 41.1. The predicted octanol–water partition coefficient (Wildman–Crippen LogP) is 3.70. The average Bonchev–Trinajstić information content (AvgIpc) is 3.83. The minimum Gasteiger partial charge on any atom is -0.493 e. The van der Waals surface area contributed by atoms with Crippen molar-refractivity contribution in [2.45, 2.75) is 57.6 Å². The van der Waals surface area contributed by atoms with E-state index in [1.165, 1.54) is 46.3 Å². The van der Waals surface area contributed by atoms with E-state index in [0.29, 0.717) is 51.0 Å². The number of carbonyl (C=O) groups excluding carboxylic acids is 3. The van der Waals surface area contributed by atoms with Crippen LogP contribution in [-0.2, 0) is 28.5 Å². The molecule has 7 atom stereocenters. The van der Waals surface area contributed by atoms with Gasteiger partial charge >= 0.3 is 23.7 Å². The molecular formula is C40H47N3O14. The molecule has 2 N–H and O–H groups in total. The number of hydrogen-bond donors (Lipinski definition) is 2. The Labute approximate surface area is 328 Å². The van der Waals surface area contributed by atoms with Gasteiger partial charge < -0.3 is 47.9 Å². The molecule has 57 heavy (non-hydrogen) atoms. The van der Waals surface area contributed by atoms with Gasteiger partial charge in [-0.15, -0.1) is 0 Å². The van der Waals surface area contributed by atoms with Gasteiger partial charge in [-0.1, -0.05) is 19.9 Å². The molecule has 17 nitrogen and oxygen atoms in total. The molecular weight excluding hydrogens is 746 g/mol. The van der Waals surface area contributed by atoms with Crippen LogP contribution in [0.2, 0.25) is 0 Å². The van der Waals surface area contributed by atoms with Gasteiger partial charge in [-0.2, -0.15) is 0 Å². The van der Waals surface area contributed by atoms with Gasteiger partial charge in [0, 0.05) is 29.2 Å². The van der Waals surface area contributed by atoms with Crippen LogP contribution in [0.1, 0.15) is 60.8 Å². The molecule has 1 amide bonds. The van der Waals surface area contributed by atoms with E-state index in [2.05, 4.69) is 10.3 Å². The van der Waals surface area contributed by atoms with Crippen LogP contribution >= 0.6 is 0 Å². The summed E-state index contributed by atoms with van der Waals surface area (Å²) in [7, 11) is 7.48. The van der Waals surface area contributed by atoms with Gasteiger partial charge in [-0.3, -0.25) is 19.1 Å². The third-order valence-corrected chi connectivity index (χ3v) is 10.3. The van der Waals surface area contributed by atoms with Crippen LogP contribution in [0, 0.1) is 24.7 Å². The number of cyclic esters (lactones) is 1. The second-order valence-electron chi connectivity index (χ2n) is 14.3. The van der Waals surface area contributed by atoms with E-state index in [1.807, 2.05) is 13.8 Å². The third kappa shape index (κ3) is 8.15. The Kier molecular flexibility index (Phi) is 12.2. The van der Waals surface area contributed by atoms with Crippen LogP contribution in [0.3, 0.4) is 0 Å². The number of amides is 1. The van der Waals surface area contributed by atoms with Crippen LogP contribution in [-0.4, -0.2) is 88.5 Å². The monoisotopic (exact) mass is 793 g/mol. The molecule has 1 aliphatic carbocycles. The summed E-state index contributed by atoms with van der Waals surface area (Å²) in [6.07, 6.45) is 1.39. The SMILES string of the molecule is COc1cc2c(cc1OC)[C@@H](OC(=O)[C@H](CC(C)C)NC(=O)OC[C@@H]1C=C[C@H](n3cc(C)c(=O)[nH]c3=O)O1)[C@H]1COC(=O)[C@@H]1[C@@H]2c1cc(OC)c(OC)c(OC)c1. The fourth-order valence-electron chi connectivity index (χ4n) is 7.63. The Balaban J connectivity index is 1.26. The predicted molar refractivity (Wildman–Crippen MR) is 201 cm³/mol. The highest BCUT2D eigenvalue weighted by atomic mass is 16.6. The molecule has 0 unspecified atom stereocenters. The van der Waals surface area contributed by atoms with Crippen LogP contribution in [0.5, 0.6) is 28.7 Å². The van der Waals surface area contributed by atoms with E-state index in [4.69, 9.17) is 42.6 Å². The van der Waals surface area contributed by atoms with Crippen molar-refractivity contribution in [2.24, 2.45) is 17.8 Å². The molecule has 3 aliphatic rings. The fourth-order valence-corrected chi connectivity index (χ4v) is 7.63. The summed E-state index contributed by atoms with van der Waals surface area (Å²) >= 11 is 0. The van der Waals surface area contributed by atoms with Crippen LogP contribution < -0.4 is 40.3 Å². The number of nitrogens with one attached hydrogen (secondary N) is 2. The summed E-state index contributed by atoms with van der Waals surface area (Å²) in [4.78, 5) is 67.3. The molecule has 0 saturated carbocycles. The van der Waals surface area contributed by atoms with Crippen molar-refractivity contribution >= 4 is 18.0 Å². The minimum absolute atomic E-state index is 0.0405. The normalized spacial score (nSPS) is 22.5. The number of aromatic amines is 1. The van der Waals surface area contributed by atoms with E-state index < -0.39 is 71.5 Å². The smallest absolute Gasteiger partial charge is 0.407 e. The number of aryl methyl sites for hydroxylation is 1. The van der Waals surface area contributed by atoms with Crippen LogP contribution in [0.15, 0.2) is 52.2 Å². The highest BCUT2D eigenvalue weighted by Crippen LogP contribution is 2.56. The molecule has 0 radical (unpaired) electrons. The van der Waals surface area contributed by atoms with Gasteiger partial charge in [0.15, 0.2) is 29.2 Å². The Morgan fingerprint density at radius 3 is 2.16 bits per heavy atom. The third-order valence-electron chi connectivity index (χ3n) is 10.3. The van der Waals surface area contributed by atoms with E-state index in [0.717, 1.165) is 0 Å². The number of hydrogen-bond acceptors (Lipinski definition) is 14. The molecule has 3 aromatic rings. The van der Waals surface area contributed by atoms with Crippen molar-refractivity contribution in [3.05, 3.63) is 85.7 Å². The van der Waals surface area contributed by atoms with Crippen molar-refractivity contribution in [2.75, 3.05) is 48.8 Å². The van der Waals surface area contributed by atoms with Crippen LogP contribution in [0.25, 0.3) is 0 Å². The van der Waals surface area contributed by atoms with Gasteiger partial charge in [0.2, 0.25) is 5.75 Å². The first-order valence-electron chi connectivity index (χ1n) is 18.3. The molecule has 1 aromatic heterocycles. The number of fused-ring (bicyclic) bond motifs is 2. The number of alkyl carbamates (subject to hydrolysis) is 1. The quantitative estimate of drug-likeness (QED) is 0.136. The lowest BCUT2D eigenvalue weighted by Crippen LogP contribution is -2.45. The number of methoxy groups -OCH3 is 5. The zero-order valence-electron chi connectivity index (χ0n) is 32.9. The zero-order valence-corrected chi connectivity index (χ0v) is 32.9. The van der Waals surface area contributed by atoms with E-state index in [9.17, 15) is 24.0 Å². The van der Waals surface area contributed by atoms with Crippen molar-refractivity contribution in [1.82, 2.24) is 14.9 Å². The molecule has 0 spiro atoms. The number of aromatic nitrogens is 2. The second kappa shape index (κ2) is 17.0. The Morgan fingerprint density at radius 2 is 1.54 bits per heavy atom. The second-order valence-corrected chi connectivity index (χ2v) is 14.3. The summed E-state index contributed by atoms with van der Waals surface area (Å²) in [5, 5.41) is 2.64. The number of benzene rings is 2. The number of ether oxygens (including phenoxy) is 9. The lowest BCUT2D eigenvalue weighted by Gasteiger charge is -2.39. The van der Waals surface area contributed by atoms with Gasteiger partial charge in [0.1, 0.15) is 24.9 Å². The molecule has 2 aliphatic heterocycles. The number of nitrogens with zero attached hydrogens (tertiary/aromatic N) is 1. The van der Waals surface area contributed by atoms with E-state index in [1.54, 1.807) is 43.3 Å². The summed E-state index contributed by atoms with van der Waals surface area (Å²) in [5.74, 6) is -1.45. The maximum absolute atomic E-state index is 14.2. The van der Waals surface area contributed by atoms with Crippen molar-refractivity contribution in [3.8, 4) is 28.7 Å². The highest BCUT2D eigenvalue weighted by molar-refractivity contribution is 5.83. The van der Waals surface area contributed by atoms with Gasteiger partial charge in [0.25, 0.3) is 5.56 Å². The summed E-state index contributed by atoms with van der Waals surface area (Å²) in [6.45, 7) is 5.06. The molecule has 306 valence electrons. The van der Waals surface area contributed by atoms with Gasteiger partial charge in [-0.25, -0.2) is 14.4 Å². The van der Waals surface area contributed by atoms with Gasteiger partial charge in [-0.05, 0) is 60.7 Å². The Hall–Kier alpha value is -5.97. The standard InChI is InChI=1S/C40H47N3O14/c1-19(2)11-26(41-40(48)55-17-22-9-10-31(56-22)43-16-20(3)36(44)42-39(43)47)37(45)57-34-24-15-28(50-5)27(49-4)14-23(24)32(33-25(34)18-54-38(33)46)21-12-29(51-6)35(53-8)30(13-21)52-7/h9-10,12-16,19,22,25-26,31-34H,11,17-18H2,1-8H3,(H,41,48)(H,42,44,47)/t22-,25-,26-,31+,32+,33-,34+/m0/s1. The van der Waals surface area contributed by atoms with E-state index in [-0.39, 0.29) is 25.6 Å². The number of H-pyrrole nitrogens is 1.